The summed E-state index contributed by atoms with van der Waals surface area (Å²) in [5.74, 6) is 0.436. The molecule has 2 amide bonds. The molecule has 1 aliphatic rings. The fourth-order valence-electron chi connectivity index (χ4n) is 3.72. The summed E-state index contributed by atoms with van der Waals surface area (Å²) < 4.78 is 7.81. The highest BCUT2D eigenvalue weighted by atomic mass is 35.5. The fraction of sp³-hybridized carbons (Fsp3) is 0.200. The van der Waals surface area contributed by atoms with E-state index < -0.39 is 0 Å². The van der Waals surface area contributed by atoms with Gasteiger partial charge in [-0.05, 0) is 92.2 Å². The van der Waals surface area contributed by atoms with E-state index >= 15 is 0 Å². The number of halogens is 1. The van der Waals surface area contributed by atoms with E-state index in [1.165, 1.54) is 4.90 Å². The maximum atomic E-state index is 12.9. The number of aryl methyl sites for hydroxylation is 2. The molecule has 1 aliphatic heterocycles. The van der Waals surface area contributed by atoms with Gasteiger partial charge in [0.1, 0.15) is 12.4 Å². The van der Waals surface area contributed by atoms with Crippen LogP contribution >= 0.6 is 23.4 Å². The summed E-state index contributed by atoms with van der Waals surface area (Å²) in [5, 5.41) is 0.400. The van der Waals surface area contributed by atoms with Gasteiger partial charge in [0.2, 0.25) is 0 Å². The first kappa shape index (κ1) is 22.2. The number of nitrogens with zero attached hydrogens (tertiary/aromatic N) is 2. The molecule has 2 heterocycles. The predicted octanol–water partition coefficient (Wildman–Crippen LogP) is 6.17. The van der Waals surface area contributed by atoms with Crippen LogP contribution in [0.2, 0.25) is 5.02 Å². The van der Waals surface area contributed by atoms with Gasteiger partial charge in [0.25, 0.3) is 11.1 Å². The summed E-state index contributed by atoms with van der Waals surface area (Å²) in [7, 11) is 0. The highest BCUT2D eigenvalue weighted by molar-refractivity contribution is 8.18. The van der Waals surface area contributed by atoms with Crippen molar-refractivity contribution >= 4 is 40.6 Å². The topological polar surface area (TPSA) is 51.5 Å². The van der Waals surface area contributed by atoms with Crippen molar-refractivity contribution in [3.8, 4) is 11.4 Å². The fourth-order valence-corrected chi connectivity index (χ4v) is 4.70. The summed E-state index contributed by atoms with van der Waals surface area (Å²) in [6.45, 7) is 6.44. The van der Waals surface area contributed by atoms with E-state index in [-0.39, 0.29) is 24.3 Å². The molecule has 3 aromatic rings. The minimum absolute atomic E-state index is 0.208. The number of carbonyl (C=O) groups excluding carboxylic acids is 2. The lowest BCUT2D eigenvalue weighted by Gasteiger charge is -2.13. The summed E-state index contributed by atoms with van der Waals surface area (Å²) in [5.41, 5.74) is 5.00. The second kappa shape index (κ2) is 9.27. The van der Waals surface area contributed by atoms with Gasteiger partial charge in [-0.1, -0.05) is 23.7 Å². The lowest BCUT2D eigenvalue weighted by atomic mass is 10.2. The van der Waals surface area contributed by atoms with Crippen molar-refractivity contribution in [2.75, 3.05) is 13.2 Å². The molecule has 0 unspecified atom stereocenters. The van der Waals surface area contributed by atoms with Crippen LogP contribution in [0, 0.1) is 20.8 Å². The third-order valence-electron chi connectivity index (χ3n) is 5.29. The molecule has 164 valence electrons. The minimum atomic E-state index is -0.288. The summed E-state index contributed by atoms with van der Waals surface area (Å²) >= 11 is 6.98. The highest BCUT2D eigenvalue weighted by Gasteiger charge is 2.35. The zero-order valence-electron chi connectivity index (χ0n) is 18.1. The van der Waals surface area contributed by atoms with Gasteiger partial charge in [-0.2, -0.15) is 0 Å². The molecule has 2 aromatic carbocycles. The van der Waals surface area contributed by atoms with E-state index in [0.717, 1.165) is 45.7 Å². The highest BCUT2D eigenvalue weighted by Crippen LogP contribution is 2.33. The monoisotopic (exact) mass is 466 g/mol. The molecule has 1 aromatic heterocycles. The van der Waals surface area contributed by atoms with E-state index in [4.69, 9.17) is 16.3 Å². The number of amides is 2. The third kappa shape index (κ3) is 4.61. The Kier molecular flexibility index (Phi) is 6.44. The van der Waals surface area contributed by atoms with E-state index in [9.17, 15) is 9.59 Å². The summed E-state index contributed by atoms with van der Waals surface area (Å²) in [6, 6.07) is 17.3. The van der Waals surface area contributed by atoms with Gasteiger partial charge in [0, 0.05) is 22.1 Å². The van der Waals surface area contributed by atoms with Crippen LogP contribution in [0.25, 0.3) is 11.8 Å². The Hall–Kier alpha value is -2.96. The Labute approximate surface area is 196 Å². The van der Waals surface area contributed by atoms with Gasteiger partial charge in [-0.15, -0.1) is 0 Å². The molecule has 0 spiro atoms. The van der Waals surface area contributed by atoms with E-state index in [0.29, 0.717) is 9.93 Å². The SMILES string of the molecule is Cc1cccc(OCCN2C(=O)S/C(=C\c3cc(C)n(-c4ccc(Cl)cc4)c3C)C2=O)c1. The van der Waals surface area contributed by atoms with Crippen molar-refractivity contribution in [3.63, 3.8) is 0 Å². The number of ether oxygens (including phenoxy) is 1. The molecule has 1 saturated heterocycles. The Bertz CT molecular complexity index is 1210. The van der Waals surface area contributed by atoms with Crippen LogP contribution in [0.15, 0.2) is 59.5 Å². The number of hydrogen-bond donors (Lipinski definition) is 0. The van der Waals surface area contributed by atoms with Crippen LogP contribution in [0.3, 0.4) is 0 Å². The molecular formula is C25H23ClN2O3S. The maximum Gasteiger partial charge on any atom is 0.293 e. The van der Waals surface area contributed by atoms with Crippen molar-refractivity contribution in [2.45, 2.75) is 20.8 Å². The van der Waals surface area contributed by atoms with Gasteiger partial charge in [0.05, 0.1) is 11.4 Å². The number of imide groups is 1. The molecule has 7 heteroatoms. The second-order valence-electron chi connectivity index (χ2n) is 7.64. The first-order valence-corrected chi connectivity index (χ1v) is 11.4. The number of aromatic nitrogens is 1. The molecule has 0 bridgehead atoms. The van der Waals surface area contributed by atoms with E-state index in [1.807, 2.05) is 75.4 Å². The quantitative estimate of drug-likeness (QED) is 0.407. The normalized spacial score (nSPS) is 15.1. The molecule has 0 saturated carbocycles. The van der Waals surface area contributed by atoms with Crippen molar-refractivity contribution in [1.82, 2.24) is 9.47 Å². The van der Waals surface area contributed by atoms with Gasteiger partial charge in [-0.3, -0.25) is 14.5 Å². The van der Waals surface area contributed by atoms with Gasteiger partial charge in [-0.25, -0.2) is 0 Å². The van der Waals surface area contributed by atoms with Gasteiger partial charge < -0.3 is 9.30 Å². The molecule has 0 N–H and O–H groups in total. The van der Waals surface area contributed by atoms with Crippen LogP contribution in [0.1, 0.15) is 22.5 Å². The number of benzene rings is 2. The van der Waals surface area contributed by atoms with Crippen LogP contribution in [-0.4, -0.2) is 33.8 Å². The number of hydrogen-bond acceptors (Lipinski definition) is 4. The lowest BCUT2D eigenvalue weighted by Crippen LogP contribution is -2.32. The average molecular weight is 467 g/mol. The Balaban J connectivity index is 1.49. The zero-order chi connectivity index (χ0) is 22.8. The first-order chi connectivity index (χ1) is 15.3. The average Bonchev–Trinajstić information content (AvgIpc) is 3.18. The molecule has 32 heavy (non-hydrogen) atoms. The molecule has 1 fully saturated rings. The Morgan fingerprint density at radius 2 is 1.78 bits per heavy atom. The number of rotatable bonds is 6. The van der Waals surface area contributed by atoms with Gasteiger partial charge in [0.15, 0.2) is 0 Å². The van der Waals surface area contributed by atoms with Crippen molar-refractivity contribution in [3.05, 3.63) is 87.0 Å². The number of carbonyl (C=O) groups is 2. The van der Waals surface area contributed by atoms with Crippen LogP contribution in [-0.2, 0) is 4.79 Å². The van der Waals surface area contributed by atoms with E-state index in [1.54, 1.807) is 6.08 Å². The first-order valence-electron chi connectivity index (χ1n) is 10.2. The van der Waals surface area contributed by atoms with E-state index in [2.05, 4.69) is 4.57 Å². The van der Waals surface area contributed by atoms with Crippen molar-refractivity contribution in [1.29, 1.82) is 0 Å². The van der Waals surface area contributed by atoms with Crippen LogP contribution < -0.4 is 4.74 Å². The second-order valence-corrected chi connectivity index (χ2v) is 9.07. The minimum Gasteiger partial charge on any atom is -0.492 e. The molecule has 0 atom stereocenters. The van der Waals surface area contributed by atoms with Crippen LogP contribution in [0.4, 0.5) is 4.79 Å². The zero-order valence-corrected chi connectivity index (χ0v) is 19.7. The predicted molar refractivity (Wildman–Crippen MR) is 130 cm³/mol. The summed E-state index contributed by atoms with van der Waals surface area (Å²) in [4.78, 5) is 27.0. The smallest absolute Gasteiger partial charge is 0.293 e. The van der Waals surface area contributed by atoms with Gasteiger partial charge >= 0.3 is 0 Å². The van der Waals surface area contributed by atoms with Crippen molar-refractivity contribution < 1.29 is 14.3 Å². The lowest BCUT2D eigenvalue weighted by molar-refractivity contribution is -0.123. The standard InChI is InChI=1S/C25H23ClN2O3S/c1-16-5-4-6-22(13-16)31-12-11-27-24(29)23(32-25(27)30)15-19-14-17(2)28(18(19)3)21-9-7-20(26)8-10-21/h4-10,13-15H,11-12H2,1-3H3/b23-15-. The molecule has 0 aliphatic carbocycles. The molecule has 4 rings (SSSR count). The maximum absolute atomic E-state index is 12.9. The largest absolute Gasteiger partial charge is 0.492 e. The Morgan fingerprint density at radius 3 is 2.50 bits per heavy atom. The summed E-state index contributed by atoms with van der Waals surface area (Å²) in [6.07, 6.45) is 1.79. The van der Waals surface area contributed by atoms with Crippen molar-refractivity contribution in [2.24, 2.45) is 0 Å². The Morgan fingerprint density at radius 1 is 1.03 bits per heavy atom. The number of thioether (sulfide) groups is 1. The molecular weight excluding hydrogens is 444 g/mol. The third-order valence-corrected chi connectivity index (χ3v) is 6.45. The molecule has 0 radical (unpaired) electrons. The van der Waals surface area contributed by atoms with Crippen LogP contribution in [0.5, 0.6) is 5.75 Å². The molecule has 5 nitrogen and oxygen atoms in total.